The second kappa shape index (κ2) is 7.58. The summed E-state index contributed by atoms with van der Waals surface area (Å²) >= 11 is 0. The molecule has 4 nitrogen and oxygen atoms in total. The molecule has 2 atom stereocenters. The molecule has 0 aliphatic rings. The predicted octanol–water partition coefficient (Wildman–Crippen LogP) is 4.19. The molecule has 0 unspecified atom stereocenters. The van der Waals surface area contributed by atoms with Crippen molar-refractivity contribution < 1.29 is 13.6 Å². The van der Waals surface area contributed by atoms with Crippen molar-refractivity contribution in [3.05, 3.63) is 71.9 Å². The van der Waals surface area contributed by atoms with Gasteiger partial charge in [0.15, 0.2) is 0 Å². The van der Waals surface area contributed by atoms with Crippen molar-refractivity contribution >= 4 is 22.5 Å². The first-order valence-electron chi connectivity index (χ1n) is 8.31. The van der Waals surface area contributed by atoms with Gasteiger partial charge in [-0.15, -0.1) is 0 Å². The van der Waals surface area contributed by atoms with Crippen LogP contribution in [0.1, 0.15) is 25.5 Å². The molecule has 2 aromatic carbocycles. The molecular weight excluding hydrogens is 336 g/mol. The molecular formula is C20H19F2N3O. The number of hydrogen-bond donors (Lipinski definition) is 2. The molecule has 0 spiro atoms. The number of nitrogens with zero attached hydrogens (tertiary/aromatic N) is 1. The molecule has 3 aromatic rings. The van der Waals surface area contributed by atoms with E-state index in [0.29, 0.717) is 11.3 Å². The lowest BCUT2D eigenvalue weighted by Gasteiger charge is -2.21. The minimum atomic E-state index is -0.641. The van der Waals surface area contributed by atoms with E-state index in [1.54, 1.807) is 32.2 Å². The third kappa shape index (κ3) is 3.86. The van der Waals surface area contributed by atoms with Crippen molar-refractivity contribution in [3.63, 3.8) is 0 Å². The van der Waals surface area contributed by atoms with Gasteiger partial charge in [0.05, 0.1) is 17.2 Å². The molecule has 0 aliphatic carbocycles. The number of benzene rings is 2. The quantitative estimate of drug-likeness (QED) is 0.721. The third-order valence-corrected chi connectivity index (χ3v) is 4.23. The van der Waals surface area contributed by atoms with Gasteiger partial charge in [-0.2, -0.15) is 0 Å². The number of halogens is 2. The third-order valence-electron chi connectivity index (χ3n) is 4.23. The fourth-order valence-electron chi connectivity index (χ4n) is 2.85. The van der Waals surface area contributed by atoms with Gasteiger partial charge in [0.1, 0.15) is 11.6 Å². The number of anilines is 1. The van der Waals surface area contributed by atoms with Crippen LogP contribution in [0.4, 0.5) is 14.5 Å². The van der Waals surface area contributed by atoms with Crippen LogP contribution in [-0.4, -0.2) is 16.9 Å². The van der Waals surface area contributed by atoms with Crippen LogP contribution in [0.5, 0.6) is 0 Å². The molecule has 0 bridgehead atoms. The monoisotopic (exact) mass is 355 g/mol. The van der Waals surface area contributed by atoms with Crippen LogP contribution >= 0.6 is 0 Å². The largest absolute Gasteiger partial charge is 0.324 e. The fourth-order valence-corrected chi connectivity index (χ4v) is 2.85. The zero-order valence-electron chi connectivity index (χ0n) is 14.5. The van der Waals surface area contributed by atoms with Gasteiger partial charge in [-0.1, -0.05) is 12.1 Å². The van der Waals surface area contributed by atoms with Gasteiger partial charge < -0.3 is 5.32 Å². The maximum atomic E-state index is 13.9. The average Bonchev–Trinajstić information content (AvgIpc) is 2.61. The second-order valence-electron chi connectivity index (χ2n) is 6.14. The maximum Gasteiger partial charge on any atom is 0.241 e. The summed E-state index contributed by atoms with van der Waals surface area (Å²) in [5.74, 6) is -1.53. The zero-order valence-corrected chi connectivity index (χ0v) is 14.5. The fraction of sp³-hybridized carbons (Fsp3) is 0.200. The Morgan fingerprint density at radius 3 is 2.65 bits per heavy atom. The summed E-state index contributed by atoms with van der Waals surface area (Å²) in [6.07, 6.45) is 1.69. The van der Waals surface area contributed by atoms with Crippen LogP contribution in [0.15, 0.2) is 54.7 Å². The molecule has 0 radical (unpaired) electrons. The van der Waals surface area contributed by atoms with Crippen LogP contribution in [0.25, 0.3) is 10.9 Å². The first-order chi connectivity index (χ1) is 12.5. The minimum Gasteiger partial charge on any atom is -0.324 e. The summed E-state index contributed by atoms with van der Waals surface area (Å²) in [6.45, 7) is 3.42. The van der Waals surface area contributed by atoms with Gasteiger partial charge >= 0.3 is 0 Å². The van der Waals surface area contributed by atoms with Crippen LogP contribution in [0.2, 0.25) is 0 Å². The second-order valence-corrected chi connectivity index (χ2v) is 6.14. The predicted molar refractivity (Wildman–Crippen MR) is 97.7 cm³/mol. The van der Waals surface area contributed by atoms with Crippen molar-refractivity contribution in [2.75, 3.05) is 5.32 Å². The van der Waals surface area contributed by atoms with E-state index in [-0.39, 0.29) is 5.91 Å². The summed E-state index contributed by atoms with van der Waals surface area (Å²) in [5, 5.41) is 6.75. The van der Waals surface area contributed by atoms with Crippen molar-refractivity contribution in [3.8, 4) is 0 Å². The first-order valence-corrected chi connectivity index (χ1v) is 8.31. The molecule has 6 heteroatoms. The average molecular weight is 355 g/mol. The Labute approximate surface area is 150 Å². The summed E-state index contributed by atoms with van der Waals surface area (Å²) < 4.78 is 26.9. The summed E-state index contributed by atoms with van der Waals surface area (Å²) in [6, 6.07) is 11.6. The number of rotatable bonds is 5. The number of aromatic nitrogens is 1. The molecule has 3 rings (SSSR count). The normalized spacial score (nSPS) is 13.4. The summed E-state index contributed by atoms with van der Waals surface area (Å²) in [4.78, 5) is 16.8. The Bertz CT molecular complexity index is 940. The standard InChI is InChI=1S/C20H19F2N3O/c1-12(15-9-8-14(21)11-17(15)22)24-13(2)20(26)25-19-7-3-6-18-16(19)5-4-10-23-18/h3-13,24H,1-2H3,(H,25,26)/t12-,13+/m0/s1. The molecule has 1 aromatic heterocycles. The maximum absolute atomic E-state index is 13.9. The molecule has 0 saturated heterocycles. The minimum absolute atomic E-state index is 0.254. The van der Waals surface area contributed by atoms with E-state index >= 15 is 0 Å². The summed E-state index contributed by atoms with van der Waals surface area (Å²) in [7, 11) is 0. The number of amides is 1. The smallest absolute Gasteiger partial charge is 0.241 e. The first kappa shape index (κ1) is 17.9. The van der Waals surface area contributed by atoms with Gasteiger partial charge in [-0.25, -0.2) is 8.78 Å². The highest BCUT2D eigenvalue weighted by molar-refractivity contribution is 6.02. The Kier molecular flexibility index (Phi) is 5.23. The number of pyridine rings is 1. The molecule has 0 aliphatic heterocycles. The molecule has 1 heterocycles. The molecule has 26 heavy (non-hydrogen) atoms. The lowest BCUT2D eigenvalue weighted by atomic mass is 10.1. The number of carbonyl (C=O) groups excluding carboxylic acids is 1. The van der Waals surface area contributed by atoms with E-state index in [0.717, 1.165) is 17.0 Å². The SMILES string of the molecule is C[C@H](N[C@H](C)C(=O)Nc1cccc2ncccc12)c1ccc(F)cc1F. The Balaban J connectivity index is 1.71. The molecule has 134 valence electrons. The van der Waals surface area contributed by atoms with Gasteiger partial charge in [0.2, 0.25) is 5.91 Å². The highest BCUT2D eigenvalue weighted by atomic mass is 19.1. The number of carbonyl (C=O) groups is 1. The van der Waals surface area contributed by atoms with Gasteiger partial charge in [-0.3, -0.25) is 15.1 Å². The number of hydrogen-bond acceptors (Lipinski definition) is 3. The van der Waals surface area contributed by atoms with Crippen LogP contribution in [0, 0.1) is 11.6 Å². The van der Waals surface area contributed by atoms with Crippen molar-refractivity contribution in [1.82, 2.24) is 10.3 Å². The molecule has 0 saturated carbocycles. The topological polar surface area (TPSA) is 54.0 Å². The highest BCUT2D eigenvalue weighted by Crippen LogP contribution is 2.22. The van der Waals surface area contributed by atoms with E-state index in [1.165, 1.54) is 12.1 Å². The van der Waals surface area contributed by atoms with E-state index < -0.39 is 23.7 Å². The Morgan fingerprint density at radius 1 is 1.08 bits per heavy atom. The highest BCUT2D eigenvalue weighted by Gasteiger charge is 2.19. The van der Waals surface area contributed by atoms with Crippen molar-refractivity contribution in [2.45, 2.75) is 25.9 Å². The molecule has 1 amide bonds. The number of nitrogens with one attached hydrogen (secondary N) is 2. The van der Waals surface area contributed by atoms with E-state index in [1.807, 2.05) is 18.2 Å². The van der Waals surface area contributed by atoms with E-state index in [2.05, 4.69) is 15.6 Å². The number of fused-ring (bicyclic) bond motifs is 1. The lowest BCUT2D eigenvalue weighted by molar-refractivity contribution is -0.117. The van der Waals surface area contributed by atoms with Crippen LogP contribution in [0.3, 0.4) is 0 Å². The van der Waals surface area contributed by atoms with Crippen LogP contribution < -0.4 is 10.6 Å². The zero-order chi connectivity index (χ0) is 18.7. The van der Waals surface area contributed by atoms with Crippen molar-refractivity contribution in [2.24, 2.45) is 0 Å². The van der Waals surface area contributed by atoms with E-state index in [9.17, 15) is 13.6 Å². The van der Waals surface area contributed by atoms with Gasteiger partial charge in [0, 0.05) is 29.3 Å². The Morgan fingerprint density at radius 2 is 1.88 bits per heavy atom. The Hall–Kier alpha value is -2.86. The molecule has 0 fully saturated rings. The van der Waals surface area contributed by atoms with Gasteiger partial charge in [0.25, 0.3) is 0 Å². The lowest BCUT2D eigenvalue weighted by Crippen LogP contribution is -2.39. The van der Waals surface area contributed by atoms with Crippen molar-refractivity contribution in [1.29, 1.82) is 0 Å². The van der Waals surface area contributed by atoms with E-state index in [4.69, 9.17) is 0 Å². The van der Waals surface area contributed by atoms with Crippen LogP contribution in [-0.2, 0) is 4.79 Å². The molecule has 2 N–H and O–H groups in total. The van der Waals surface area contributed by atoms with Gasteiger partial charge in [-0.05, 0) is 44.2 Å². The summed E-state index contributed by atoms with van der Waals surface area (Å²) in [5.41, 5.74) is 1.75.